The highest BCUT2D eigenvalue weighted by Crippen LogP contribution is 2.27. The topological polar surface area (TPSA) is 46.9 Å². The van der Waals surface area contributed by atoms with Gasteiger partial charge in [0, 0.05) is 30.6 Å². The van der Waals surface area contributed by atoms with Crippen LogP contribution in [-0.2, 0) is 7.05 Å². The minimum atomic E-state index is -0.0722. The molecule has 0 spiro atoms. The molecule has 1 aromatic heterocycles. The van der Waals surface area contributed by atoms with Crippen LogP contribution in [0.1, 0.15) is 42.7 Å². The lowest BCUT2D eigenvalue weighted by molar-refractivity contribution is 0.0931. The Kier molecular flexibility index (Phi) is 5.20. The molecule has 18 heavy (non-hydrogen) atoms. The fraction of sp³-hybridized carbons (Fsp3) is 0.692. The molecule has 0 aliphatic heterocycles. The van der Waals surface area contributed by atoms with Gasteiger partial charge in [-0.25, -0.2) is 0 Å². The second-order valence-electron chi connectivity index (χ2n) is 4.79. The highest BCUT2D eigenvalue weighted by atomic mass is 35.5. The highest BCUT2D eigenvalue weighted by Gasteiger charge is 2.26. The van der Waals surface area contributed by atoms with Gasteiger partial charge in [-0.2, -0.15) is 5.10 Å². The highest BCUT2D eigenvalue weighted by molar-refractivity contribution is 6.18. The predicted molar refractivity (Wildman–Crippen MR) is 74.0 cm³/mol. The van der Waals surface area contributed by atoms with Gasteiger partial charge in [0.15, 0.2) is 0 Å². The molecule has 0 aliphatic rings. The van der Waals surface area contributed by atoms with Crippen molar-refractivity contribution in [1.82, 2.24) is 15.1 Å². The third-order valence-electron chi connectivity index (χ3n) is 3.89. The summed E-state index contributed by atoms with van der Waals surface area (Å²) >= 11 is 6.02. The van der Waals surface area contributed by atoms with Gasteiger partial charge >= 0.3 is 0 Å². The molecule has 0 bridgehead atoms. The van der Waals surface area contributed by atoms with Crippen LogP contribution in [0.5, 0.6) is 0 Å². The first kappa shape index (κ1) is 15.0. The predicted octanol–water partition coefficient (Wildman–Crippen LogP) is 2.50. The number of rotatable bonds is 6. The Hall–Kier alpha value is -1.03. The van der Waals surface area contributed by atoms with E-state index in [4.69, 9.17) is 11.6 Å². The van der Waals surface area contributed by atoms with Gasteiger partial charge in [-0.1, -0.05) is 13.8 Å². The first-order valence-electron chi connectivity index (χ1n) is 6.32. The summed E-state index contributed by atoms with van der Waals surface area (Å²) in [5, 5.41) is 7.04. The molecule has 102 valence electrons. The molecule has 0 unspecified atom stereocenters. The van der Waals surface area contributed by atoms with Crippen LogP contribution in [0.3, 0.4) is 0 Å². The van der Waals surface area contributed by atoms with E-state index >= 15 is 0 Å². The van der Waals surface area contributed by atoms with E-state index in [0.29, 0.717) is 18.0 Å². The summed E-state index contributed by atoms with van der Waals surface area (Å²) in [5.74, 6) is 0.490. The van der Waals surface area contributed by atoms with Crippen molar-refractivity contribution in [2.75, 3.05) is 12.4 Å². The molecule has 1 rings (SSSR count). The van der Waals surface area contributed by atoms with Gasteiger partial charge in [0.1, 0.15) is 0 Å². The van der Waals surface area contributed by atoms with E-state index in [0.717, 1.165) is 18.5 Å². The van der Waals surface area contributed by atoms with Gasteiger partial charge in [-0.05, 0) is 19.8 Å². The molecule has 0 saturated heterocycles. The van der Waals surface area contributed by atoms with Crippen molar-refractivity contribution in [3.63, 3.8) is 0 Å². The van der Waals surface area contributed by atoms with Crippen molar-refractivity contribution in [2.24, 2.45) is 12.5 Å². The van der Waals surface area contributed by atoms with Crippen LogP contribution in [0, 0.1) is 12.3 Å². The summed E-state index contributed by atoms with van der Waals surface area (Å²) in [6.45, 7) is 6.70. The van der Waals surface area contributed by atoms with Crippen LogP contribution in [0.4, 0.5) is 0 Å². The van der Waals surface area contributed by atoms with Crippen LogP contribution in [0.15, 0.2) is 6.20 Å². The fourth-order valence-corrected chi connectivity index (χ4v) is 2.29. The number of hydrogen-bond donors (Lipinski definition) is 1. The largest absolute Gasteiger partial charge is 0.351 e. The zero-order valence-electron chi connectivity index (χ0n) is 11.6. The number of aryl methyl sites for hydroxylation is 1. The maximum absolute atomic E-state index is 12.1. The van der Waals surface area contributed by atoms with Crippen LogP contribution in [0.2, 0.25) is 0 Å². The Balaban J connectivity index is 2.69. The van der Waals surface area contributed by atoms with Crippen molar-refractivity contribution >= 4 is 17.5 Å². The van der Waals surface area contributed by atoms with Crippen LogP contribution in [-0.4, -0.2) is 28.1 Å². The quantitative estimate of drug-likeness (QED) is 0.808. The van der Waals surface area contributed by atoms with Crippen LogP contribution < -0.4 is 5.32 Å². The Labute approximate surface area is 114 Å². The van der Waals surface area contributed by atoms with Crippen molar-refractivity contribution in [1.29, 1.82) is 0 Å². The van der Waals surface area contributed by atoms with E-state index in [1.54, 1.807) is 10.9 Å². The van der Waals surface area contributed by atoms with Crippen LogP contribution in [0.25, 0.3) is 0 Å². The number of halogens is 1. The molecule has 5 heteroatoms. The summed E-state index contributed by atoms with van der Waals surface area (Å²) in [6.07, 6.45) is 3.52. The summed E-state index contributed by atoms with van der Waals surface area (Å²) in [7, 11) is 1.83. The molecule has 0 radical (unpaired) electrons. The number of carbonyl (C=O) groups is 1. The zero-order valence-corrected chi connectivity index (χ0v) is 12.3. The lowest BCUT2D eigenvalue weighted by atomic mass is 9.84. The average molecular weight is 272 g/mol. The maximum Gasteiger partial charge on any atom is 0.254 e. The molecule has 1 N–H and O–H groups in total. The van der Waals surface area contributed by atoms with Gasteiger partial charge in [0.05, 0.1) is 11.8 Å². The summed E-state index contributed by atoms with van der Waals surface area (Å²) < 4.78 is 1.70. The lowest BCUT2D eigenvalue weighted by Crippen LogP contribution is -2.38. The number of nitrogens with zero attached hydrogens (tertiary/aromatic N) is 2. The van der Waals surface area contributed by atoms with E-state index in [2.05, 4.69) is 24.3 Å². The third kappa shape index (κ3) is 3.05. The van der Waals surface area contributed by atoms with Gasteiger partial charge in [-0.3, -0.25) is 9.48 Å². The molecule has 1 amide bonds. The molecule has 0 aromatic carbocycles. The Bertz CT molecular complexity index is 402. The SMILES string of the molecule is CCC(CC)(CCl)CNC(=O)c1cnn(C)c1C. The molecular weight excluding hydrogens is 250 g/mol. The normalized spacial score (nSPS) is 11.6. The number of hydrogen-bond acceptors (Lipinski definition) is 2. The number of carbonyl (C=O) groups excluding carboxylic acids is 1. The first-order valence-corrected chi connectivity index (χ1v) is 6.86. The monoisotopic (exact) mass is 271 g/mol. The molecule has 1 heterocycles. The van der Waals surface area contributed by atoms with Gasteiger partial charge in [0.2, 0.25) is 0 Å². The minimum Gasteiger partial charge on any atom is -0.351 e. The van der Waals surface area contributed by atoms with Crippen molar-refractivity contribution < 1.29 is 4.79 Å². The van der Waals surface area contributed by atoms with E-state index < -0.39 is 0 Å². The van der Waals surface area contributed by atoms with E-state index in [1.165, 1.54) is 0 Å². The number of amides is 1. The lowest BCUT2D eigenvalue weighted by Gasteiger charge is -2.29. The van der Waals surface area contributed by atoms with Gasteiger partial charge in [-0.15, -0.1) is 11.6 Å². The van der Waals surface area contributed by atoms with E-state index in [-0.39, 0.29) is 11.3 Å². The average Bonchev–Trinajstić information content (AvgIpc) is 2.72. The molecule has 0 atom stereocenters. The minimum absolute atomic E-state index is 0.00662. The first-order chi connectivity index (χ1) is 8.49. The second kappa shape index (κ2) is 6.23. The summed E-state index contributed by atoms with van der Waals surface area (Å²) in [5.41, 5.74) is 1.50. The third-order valence-corrected chi connectivity index (χ3v) is 4.45. The molecule has 0 saturated carbocycles. The molecule has 4 nitrogen and oxygen atoms in total. The van der Waals surface area contributed by atoms with Crippen molar-refractivity contribution in [2.45, 2.75) is 33.6 Å². The zero-order chi connectivity index (χ0) is 13.8. The van der Waals surface area contributed by atoms with E-state index in [9.17, 15) is 4.79 Å². The summed E-state index contributed by atoms with van der Waals surface area (Å²) in [4.78, 5) is 12.1. The van der Waals surface area contributed by atoms with Crippen molar-refractivity contribution in [3.8, 4) is 0 Å². The van der Waals surface area contributed by atoms with E-state index in [1.807, 2.05) is 14.0 Å². The summed E-state index contributed by atoms with van der Waals surface area (Å²) in [6, 6.07) is 0. The van der Waals surface area contributed by atoms with Gasteiger partial charge < -0.3 is 5.32 Å². The van der Waals surface area contributed by atoms with Crippen LogP contribution >= 0.6 is 11.6 Å². The molecule has 0 aliphatic carbocycles. The Morgan fingerprint density at radius 2 is 2.11 bits per heavy atom. The smallest absolute Gasteiger partial charge is 0.254 e. The fourth-order valence-electron chi connectivity index (χ4n) is 1.82. The Morgan fingerprint density at radius 3 is 2.50 bits per heavy atom. The number of nitrogens with one attached hydrogen (secondary N) is 1. The second-order valence-corrected chi connectivity index (χ2v) is 5.06. The standard InChI is InChI=1S/C13H22ClN3O/c1-5-13(6-2,8-14)9-15-12(18)11-7-16-17(4)10(11)3/h7H,5-6,8-9H2,1-4H3,(H,15,18). The number of alkyl halides is 1. The molecule has 0 fully saturated rings. The van der Waals surface area contributed by atoms with Crippen molar-refractivity contribution in [3.05, 3.63) is 17.5 Å². The molecular formula is C13H22ClN3O. The van der Waals surface area contributed by atoms with Gasteiger partial charge in [0.25, 0.3) is 5.91 Å². The molecule has 1 aromatic rings. The number of aromatic nitrogens is 2. The Morgan fingerprint density at radius 1 is 1.50 bits per heavy atom. The maximum atomic E-state index is 12.1.